The summed E-state index contributed by atoms with van der Waals surface area (Å²) in [7, 11) is 0. The van der Waals surface area contributed by atoms with Gasteiger partial charge in [-0.1, -0.05) is 39.0 Å². The lowest BCUT2D eigenvalue weighted by molar-refractivity contribution is -0.275. The summed E-state index contributed by atoms with van der Waals surface area (Å²) in [4.78, 5) is 0. The van der Waals surface area contributed by atoms with Gasteiger partial charge in [0.25, 0.3) is 0 Å². The van der Waals surface area contributed by atoms with Crippen molar-refractivity contribution in [2.75, 3.05) is 0 Å². The third-order valence-corrected chi connectivity index (χ3v) is 1.89. The molecule has 0 aliphatic heterocycles. The van der Waals surface area contributed by atoms with Crippen LogP contribution in [-0.2, 0) is 0 Å². The molecule has 0 aromatic carbocycles. The molecule has 0 aromatic heterocycles. The minimum absolute atomic E-state index is 0. The summed E-state index contributed by atoms with van der Waals surface area (Å²) < 4.78 is 0. The fourth-order valence-electron chi connectivity index (χ4n) is 1.16. The van der Waals surface area contributed by atoms with Crippen molar-refractivity contribution in [3.8, 4) is 0 Å². The Bertz CT molecular complexity index is 91.8. The summed E-state index contributed by atoms with van der Waals surface area (Å²) in [5.74, 6) is 0. The van der Waals surface area contributed by atoms with Crippen molar-refractivity contribution in [1.82, 2.24) is 0 Å². The normalized spacial score (nSPS) is 10.2. The molecular weight excluding hydrogens is 150 g/mol. The summed E-state index contributed by atoms with van der Waals surface area (Å²) in [6.45, 7) is 2.26. The van der Waals surface area contributed by atoms with Gasteiger partial charge in [0.15, 0.2) is 0 Å². The Hall–Kier alpha value is -0.340. The average Bonchev–Trinajstić information content (AvgIpc) is 2.03. The van der Waals surface area contributed by atoms with Crippen LogP contribution < -0.4 is 5.73 Å². The molecule has 0 fully saturated rings. The topological polar surface area (TPSA) is 57.6 Å². The number of allylic oxidation sites excluding steroid dienone is 1. The molecule has 0 aromatic rings. The quantitative estimate of drug-likeness (QED) is 0.590. The van der Waals surface area contributed by atoms with E-state index in [2.05, 4.69) is 18.7 Å². The first kappa shape index (κ1) is 14.2. The largest absolute Gasteiger partial charge is 0.870 e. The van der Waals surface area contributed by atoms with Crippen molar-refractivity contribution in [2.45, 2.75) is 51.9 Å². The zero-order valence-corrected chi connectivity index (χ0v) is 8.26. The van der Waals surface area contributed by atoms with Gasteiger partial charge in [0.1, 0.15) is 0 Å². The fourth-order valence-corrected chi connectivity index (χ4v) is 1.16. The smallest absolute Gasteiger partial charge is 0.0868 e. The summed E-state index contributed by atoms with van der Waals surface area (Å²) >= 11 is 0. The van der Waals surface area contributed by atoms with Gasteiger partial charge in [0, 0.05) is 0 Å². The number of quaternary nitrogens is 1. The molecule has 0 aliphatic rings. The van der Waals surface area contributed by atoms with Gasteiger partial charge in [0.2, 0.25) is 0 Å². The molecule has 2 heteroatoms. The highest BCUT2D eigenvalue weighted by Gasteiger charge is 1.87. The van der Waals surface area contributed by atoms with Crippen molar-refractivity contribution in [1.29, 1.82) is 0 Å². The van der Waals surface area contributed by atoms with Crippen molar-refractivity contribution in [3.05, 3.63) is 12.3 Å². The van der Waals surface area contributed by atoms with Crippen molar-refractivity contribution in [2.24, 2.45) is 0 Å². The van der Waals surface area contributed by atoms with Gasteiger partial charge in [-0.2, -0.15) is 0 Å². The molecule has 74 valence electrons. The van der Waals surface area contributed by atoms with Crippen LogP contribution in [0.4, 0.5) is 0 Å². The van der Waals surface area contributed by atoms with Crippen molar-refractivity contribution >= 4 is 0 Å². The first-order valence-corrected chi connectivity index (χ1v) is 4.86. The molecule has 0 saturated heterocycles. The minimum atomic E-state index is 0. The molecule has 0 aliphatic carbocycles. The van der Waals surface area contributed by atoms with Crippen LogP contribution in [0.25, 0.3) is 0 Å². The third kappa shape index (κ3) is 12.3. The highest BCUT2D eigenvalue weighted by atomic mass is 16.0. The van der Waals surface area contributed by atoms with E-state index in [-0.39, 0.29) is 5.48 Å². The lowest BCUT2D eigenvalue weighted by Gasteiger charge is -1.96. The summed E-state index contributed by atoms with van der Waals surface area (Å²) in [6, 6.07) is 0. The lowest BCUT2D eigenvalue weighted by atomic mass is 10.1. The van der Waals surface area contributed by atoms with E-state index in [1.54, 1.807) is 0 Å². The van der Waals surface area contributed by atoms with Crippen molar-refractivity contribution < 1.29 is 11.2 Å². The zero-order valence-electron chi connectivity index (χ0n) is 8.26. The second-order valence-corrected chi connectivity index (χ2v) is 3.03. The van der Waals surface area contributed by atoms with Gasteiger partial charge < -0.3 is 11.2 Å². The molecule has 0 saturated carbocycles. The average molecular weight is 173 g/mol. The number of unbranched alkanes of at least 4 members (excludes halogenated alkanes) is 6. The van der Waals surface area contributed by atoms with E-state index in [4.69, 9.17) is 0 Å². The van der Waals surface area contributed by atoms with Gasteiger partial charge in [-0.15, -0.1) is 0 Å². The monoisotopic (exact) mass is 173 g/mol. The van der Waals surface area contributed by atoms with Gasteiger partial charge in [0.05, 0.1) is 6.20 Å². The van der Waals surface area contributed by atoms with Gasteiger partial charge >= 0.3 is 0 Å². The van der Waals surface area contributed by atoms with Crippen LogP contribution in [0.15, 0.2) is 12.3 Å². The van der Waals surface area contributed by atoms with Crippen LogP contribution in [0.3, 0.4) is 0 Å². The van der Waals surface area contributed by atoms with E-state index in [0.717, 1.165) is 0 Å². The maximum atomic E-state index is 3.65. The number of rotatable bonds is 7. The van der Waals surface area contributed by atoms with E-state index >= 15 is 0 Å². The van der Waals surface area contributed by atoms with Crippen LogP contribution in [0, 0.1) is 0 Å². The van der Waals surface area contributed by atoms with Gasteiger partial charge in [-0.05, 0) is 18.9 Å². The van der Waals surface area contributed by atoms with Gasteiger partial charge in [-0.25, -0.2) is 0 Å². The summed E-state index contributed by atoms with van der Waals surface area (Å²) in [5.41, 5.74) is 3.65. The number of hydrogen-bond donors (Lipinski definition) is 1. The Balaban J connectivity index is 0. The maximum absolute atomic E-state index is 3.65. The Kier molecular flexibility index (Phi) is 15.7. The molecule has 0 radical (unpaired) electrons. The molecule has 0 spiro atoms. The highest BCUT2D eigenvalue weighted by molar-refractivity contribution is 4.69. The van der Waals surface area contributed by atoms with E-state index in [9.17, 15) is 0 Å². The SMILES string of the molecule is CCCCCCCCC=C[NH3+].[OH-]. The lowest BCUT2D eigenvalue weighted by Crippen LogP contribution is -2.39. The Morgan fingerprint density at radius 1 is 1.00 bits per heavy atom. The molecule has 0 bridgehead atoms. The summed E-state index contributed by atoms with van der Waals surface area (Å²) in [5, 5.41) is 0. The van der Waals surface area contributed by atoms with Crippen LogP contribution in [0.1, 0.15) is 51.9 Å². The third-order valence-electron chi connectivity index (χ3n) is 1.89. The van der Waals surface area contributed by atoms with E-state index in [0.29, 0.717) is 0 Å². The molecule has 12 heavy (non-hydrogen) atoms. The minimum Gasteiger partial charge on any atom is -0.870 e. The fraction of sp³-hybridized carbons (Fsp3) is 0.800. The van der Waals surface area contributed by atoms with Crippen LogP contribution >= 0.6 is 0 Å². The standard InChI is InChI=1S/C10H21N.H2O/c1-2-3-4-5-6-7-8-9-10-11;/h9-10H,2-8,11H2,1H3;1H2. The first-order valence-electron chi connectivity index (χ1n) is 4.86. The Labute approximate surface area is 76.2 Å². The van der Waals surface area contributed by atoms with Crippen LogP contribution in [0.2, 0.25) is 0 Å². The van der Waals surface area contributed by atoms with E-state index in [1.165, 1.54) is 44.9 Å². The highest BCUT2D eigenvalue weighted by Crippen LogP contribution is 2.06. The van der Waals surface area contributed by atoms with Crippen LogP contribution in [0.5, 0.6) is 0 Å². The Morgan fingerprint density at radius 3 is 2.17 bits per heavy atom. The van der Waals surface area contributed by atoms with Crippen LogP contribution in [-0.4, -0.2) is 5.48 Å². The summed E-state index contributed by atoms with van der Waals surface area (Å²) in [6.07, 6.45) is 13.6. The molecule has 0 amide bonds. The zero-order chi connectivity index (χ0) is 8.36. The maximum Gasteiger partial charge on any atom is 0.0868 e. The van der Waals surface area contributed by atoms with Gasteiger partial charge in [-0.3, -0.25) is 0 Å². The predicted octanol–water partition coefficient (Wildman–Crippen LogP) is 2.32. The number of hydrogen-bond acceptors (Lipinski definition) is 1. The molecule has 0 unspecified atom stereocenters. The predicted molar refractivity (Wildman–Crippen MR) is 52.0 cm³/mol. The van der Waals surface area contributed by atoms with E-state index < -0.39 is 0 Å². The van der Waals surface area contributed by atoms with Crippen molar-refractivity contribution in [3.63, 3.8) is 0 Å². The molecule has 0 rings (SSSR count). The first-order chi connectivity index (χ1) is 5.41. The second kappa shape index (κ2) is 13.3. The molecular formula is C10H23NO. The molecule has 2 nitrogen and oxygen atoms in total. The Morgan fingerprint density at radius 2 is 1.58 bits per heavy atom. The molecule has 4 N–H and O–H groups in total. The molecule has 0 atom stereocenters. The van der Waals surface area contributed by atoms with E-state index in [1.807, 2.05) is 6.20 Å². The molecule has 0 heterocycles. The second-order valence-electron chi connectivity index (χ2n) is 3.03.